The molecule has 4 heteroatoms. The largest absolute Gasteiger partial charge is 0.466 e. The number of nitrogens with one attached hydrogen (secondary N) is 1. The molecular formula is C16H20BrNO2. The third-order valence-corrected chi connectivity index (χ3v) is 4.07. The smallest absolute Gasteiger partial charge is 0.106 e. The van der Waals surface area contributed by atoms with Crippen molar-refractivity contribution in [3.05, 3.63) is 51.4 Å². The summed E-state index contributed by atoms with van der Waals surface area (Å²) in [6.07, 6.45) is 0. The minimum atomic E-state index is 0.178. The van der Waals surface area contributed by atoms with Gasteiger partial charge in [-0.3, -0.25) is 0 Å². The summed E-state index contributed by atoms with van der Waals surface area (Å²) in [5.74, 6) is 1.91. The van der Waals surface area contributed by atoms with Gasteiger partial charge in [-0.1, -0.05) is 22.0 Å². The summed E-state index contributed by atoms with van der Waals surface area (Å²) in [6.45, 7) is 6.67. The summed E-state index contributed by atoms with van der Waals surface area (Å²) < 4.78 is 11.9. The zero-order valence-electron chi connectivity index (χ0n) is 12.3. The van der Waals surface area contributed by atoms with E-state index < -0.39 is 0 Å². The molecule has 1 N–H and O–H groups in total. The fraction of sp³-hybridized carbons (Fsp3) is 0.375. The number of hydrogen-bond acceptors (Lipinski definition) is 3. The van der Waals surface area contributed by atoms with Crippen LogP contribution in [0.2, 0.25) is 0 Å². The maximum Gasteiger partial charge on any atom is 0.106 e. The molecule has 0 spiro atoms. The first-order valence-corrected chi connectivity index (χ1v) is 7.42. The first-order chi connectivity index (χ1) is 9.52. The fourth-order valence-electron chi connectivity index (χ4n) is 2.38. The van der Waals surface area contributed by atoms with E-state index in [0.29, 0.717) is 6.61 Å². The van der Waals surface area contributed by atoms with Crippen molar-refractivity contribution in [3.8, 4) is 0 Å². The Kier molecular flexibility index (Phi) is 4.89. The van der Waals surface area contributed by atoms with Crippen molar-refractivity contribution in [1.82, 2.24) is 0 Å². The molecule has 0 aliphatic rings. The summed E-state index contributed by atoms with van der Waals surface area (Å²) >= 11 is 3.57. The lowest BCUT2D eigenvalue weighted by atomic mass is 10.1. The van der Waals surface area contributed by atoms with Crippen LogP contribution in [0.4, 0.5) is 5.69 Å². The van der Waals surface area contributed by atoms with Crippen molar-refractivity contribution < 1.29 is 9.15 Å². The van der Waals surface area contributed by atoms with Crippen LogP contribution in [0.25, 0.3) is 0 Å². The Hall–Kier alpha value is -1.26. The summed E-state index contributed by atoms with van der Waals surface area (Å²) in [4.78, 5) is 0. The van der Waals surface area contributed by atoms with Crippen LogP contribution in [0.3, 0.4) is 0 Å². The summed E-state index contributed by atoms with van der Waals surface area (Å²) in [5, 5.41) is 3.54. The SMILES string of the molecule is COCc1c(Br)cccc1NC(C)c1cc(C)oc1C. The lowest BCUT2D eigenvalue weighted by molar-refractivity contribution is 0.185. The monoisotopic (exact) mass is 337 g/mol. The van der Waals surface area contributed by atoms with E-state index in [1.54, 1.807) is 7.11 Å². The highest BCUT2D eigenvalue weighted by atomic mass is 79.9. The van der Waals surface area contributed by atoms with Crippen molar-refractivity contribution in [2.75, 3.05) is 12.4 Å². The molecule has 1 atom stereocenters. The Balaban J connectivity index is 2.25. The summed E-state index contributed by atoms with van der Waals surface area (Å²) in [5.41, 5.74) is 3.39. The zero-order chi connectivity index (χ0) is 14.7. The molecule has 0 saturated carbocycles. The number of rotatable bonds is 5. The third kappa shape index (κ3) is 3.25. The van der Waals surface area contributed by atoms with Gasteiger partial charge in [0, 0.05) is 28.4 Å². The number of hydrogen-bond donors (Lipinski definition) is 1. The van der Waals surface area contributed by atoms with E-state index in [9.17, 15) is 0 Å². The molecular weight excluding hydrogens is 318 g/mol. The van der Waals surface area contributed by atoms with Gasteiger partial charge in [-0.25, -0.2) is 0 Å². The summed E-state index contributed by atoms with van der Waals surface area (Å²) in [6, 6.07) is 8.37. The van der Waals surface area contributed by atoms with Crippen LogP contribution in [0.15, 0.2) is 33.2 Å². The van der Waals surface area contributed by atoms with Crippen LogP contribution in [0.5, 0.6) is 0 Å². The van der Waals surface area contributed by atoms with Gasteiger partial charge in [-0.05, 0) is 39.0 Å². The number of methoxy groups -OCH3 is 1. The fourth-order valence-corrected chi connectivity index (χ4v) is 2.86. The van der Waals surface area contributed by atoms with Gasteiger partial charge in [0.25, 0.3) is 0 Å². The van der Waals surface area contributed by atoms with E-state index in [2.05, 4.69) is 40.3 Å². The molecule has 0 fully saturated rings. The number of ether oxygens (including phenoxy) is 1. The maximum atomic E-state index is 5.60. The van der Waals surface area contributed by atoms with E-state index in [-0.39, 0.29) is 6.04 Å². The van der Waals surface area contributed by atoms with E-state index >= 15 is 0 Å². The molecule has 0 saturated heterocycles. The average molecular weight is 338 g/mol. The molecule has 1 aromatic heterocycles. The minimum absolute atomic E-state index is 0.178. The first-order valence-electron chi connectivity index (χ1n) is 6.62. The highest BCUT2D eigenvalue weighted by Crippen LogP contribution is 2.30. The van der Waals surface area contributed by atoms with Gasteiger partial charge in [0.1, 0.15) is 11.5 Å². The first kappa shape index (κ1) is 15.1. The van der Waals surface area contributed by atoms with Gasteiger partial charge in [-0.15, -0.1) is 0 Å². The Morgan fingerprint density at radius 1 is 1.35 bits per heavy atom. The molecule has 1 heterocycles. The Bertz CT molecular complexity index is 592. The number of aryl methyl sites for hydroxylation is 2. The number of anilines is 1. The van der Waals surface area contributed by atoms with Gasteiger partial charge in [0.05, 0.1) is 12.6 Å². The second-order valence-electron chi connectivity index (χ2n) is 4.93. The number of furan rings is 1. The van der Waals surface area contributed by atoms with Gasteiger partial charge in [0.15, 0.2) is 0 Å². The highest BCUT2D eigenvalue weighted by molar-refractivity contribution is 9.10. The van der Waals surface area contributed by atoms with Crippen molar-refractivity contribution in [3.63, 3.8) is 0 Å². The molecule has 20 heavy (non-hydrogen) atoms. The average Bonchev–Trinajstić information content (AvgIpc) is 2.73. The Morgan fingerprint density at radius 3 is 2.70 bits per heavy atom. The van der Waals surface area contributed by atoms with Crippen molar-refractivity contribution in [1.29, 1.82) is 0 Å². The number of halogens is 1. The molecule has 108 valence electrons. The predicted octanol–water partition coefficient (Wildman–Crippen LogP) is 4.98. The zero-order valence-corrected chi connectivity index (χ0v) is 13.9. The van der Waals surface area contributed by atoms with E-state index in [0.717, 1.165) is 27.2 Å². The van der Waals surface area contributed by atoms with Crippen LogP contribution in [-0.4, -0.2) is 7.11 Å². The molecule has 0 aliphatic carbocycles. The predicted molar refractivity (Wildman–Crippen MR) is 85.1 cm³/mol. The van der Waals surface area contributed by atoms with Gasteiger partial charge in [-0.2, -0.15) is 0 Å². The molecule has 1 unspecified atom stereocenters. The highest BCUT2D eigenvalue weighted by Gasteiger charge is 2.15. The van der Waals surface area contributed by atoms with E-state index in [1.807, 2.05) is 26.0 Å². The van der Waals surface area contributed by atoms with Crippen LogP contribution in [0.1, 0.15) is 35.6 Å². The molecule has 0 bridgehead atoms. The van der Waals surface area contributed by atoms with E-state index in [1.165, 1.54) is 5.56 Å². The van der Waals surface area contributed by atoms with Gasteiger partial charge < -0.3 is 14.5 Å². The number of benzene rings is 1. The topological polar surface area (TPSA) is 34.4 Å². The molecule has 3 nitrogen and oxygen atoms in total. The van der Waals surface area contributed by atoms with Crippen LogP contribution in [-0.2, 0) is 11.3 Å². The summed E-state index contributed by atoms with van der Waals surface area (Å²) in [7, 11) is 1.70. The van der Waals surface area contributed by atoms with Crippen molar-refractivity contribution in [2.24, 2.45) is 0 Å². The van der Waals surface area contributed by atoms with Crippen LogP contribution in [0, 0.1) is 13.8 Å². The lowest BCUT2D eigenvalue weighted by Gasteiger charge is -2.18. The van der Waals surface area contributed by atoms with E-state index in [4.69, 9.17) is 9.15 Å². The third-order valence-electron chi connectivity index (χ3n) is 3.33. The standard InChI is InChI=1S/C16H20BrNO2/c1-10-8-13(12(3)20-10)11(2)18-16-7-5-6-15(17)14(16)9-19-4/h5-8,11,18H,9H2,1-4H3. The van der Waals surface area contributed by atoms with Crippen molar-refractivity contribution in [2.45, 2.75) is 33.4 Å². The van der Waals surface area contributed by atoms with Crippen LogP contribution >= 0.6 is 15.9 Å². The molecule has 0 amide bonds. The molecule has 0 aliphatic heterocycles. The van der Waals surface area contributed by atoms with Crippen molar-refractivity contribution >= 4 is 21.6 Å². The molecule has 0 radical (unpaired) electrons. The Morgan fingerprint density at radius 2 is 2.10 bits per heavy atom. The molecule has 1 aromatic carbocycles. The second-order valence-corrected chi connectivity index (χ2v) is 5.79. The maximum absolute atomic E-state index is 5.60. The van der Waals surface area contributed by atoms with Crippen LogP contribution < -0.4 is 5.32 Å². The normalized spacial score (nSPS) is 12.4. The molecule has 2 rings (SSSR count). The minimum Gasteiger partial charge on any atom is -0.466 e. The lowest BCUT2D eigenvalue weighted by Crippen LogP contribution is -2.09. The van der Waals surface area contributed by atoms with Gasteiger partial charge in [0.2, 0.25) is 0 Å². The quantitative estimate of drug-likeness (QED) is 0.835. The Labute approximate surface area is 128 Å². The molecule has 2 aromatic rings. The van der Waals surface area contributed by atoms with Gasteiger partial charge >= 0.3 is 0 Å². The second kappa shape index (κ2) is 6.46.